The Kier molecular flexibility index (Phi) is 7.85. The fourth-order valence-electron chi connectivity index (χ4n) is 2.49. The molecular formula is C20H19ClN2O6. The van der Waals surface area contributed by atoms with Gasteiger partial charge < -0.3 is 10.1 Å². The first-order chi connectivity index (χ1) is 13.8. The van der Waals surface area contributed by atoms with Gasteiger partial charge in [0.05, 0.1) is 15.5 Å². The maximum atomic E-state index is 12.2. The third-order valence-electron chi connectivity index (χ3n) is 4.01. The lowest BCUT2D eigenvalue weighted by molar-refractivity contribution is -0.384. The number of nitro groups is 1. The smallest absolute Gasteiger partial charge is 0.340 e. The summed E-state index contributed by atoms with van der Waals surface area (Å²) in [6, 6.07) is 10.2. The van der Waals surface area contributed by atoms with Gasteiger partial charge in [-0.3, -0.25) is 19.7 Å². The van der Waals surface area contributed by atoms with Crippen LogP contribution in [-0.2, 0) is 16.0 Å². The maximum Gasteiger partial charge on any atom is 0.340 e. The third kappa shape index (κ3) is 6.69. The Bertz CT molecular complexity index is 927. The van der Waals surface area contributed by atoms with Gasteiger partial charge >= 0.3 is 5.97 Å². The number of nitrogens with zero attached hydrogens (tertiary/aromatic N) is 1. The molecule has 2 rings (SSSR count). The summed E-state index contributed by atoms with van der Waals surface area (Å²) in [7, 11) is 0. The van der Waals surface area contributed by atoms with E-state index in [1.807, 2.05) is 0 Å². The molecule has 1 N–H and O–H groups in total. The molecule has 0 aliphatic heterocycles. The summed E-state index contributed by atoms with van der Waals surface area (Å²) in [6.07, 6.45) is 1.52. The topological polar surface area (TPSA) is 116 Å². The molecule has 2 aromatic rings. The lowest BCUT2D eigenvalue weighted by Gasteiger charge is -2.07. The highest BCUT2D eigenvalue weighted by Crippen LogP contribution is 2.22. The molecule has 152 valence electrons. The Balaban J connectivity index is 1.90. The van der Waals surface area contributed by atoms with Crippen molar-refractivity contribution in [3.8, 4) is 0 Å². The highest BCUT2D eigenvalue weighted by molar-refractivity contribution is 6.33. The zero-order valence-electron chi connectivity index (χ0n) is 15.6. The first-order valence-corrected chi connectivity index (χ1v) is 9.13. The van der Waals surface area contributed by atoms with E-state index >= 15 is 0 Å². The summed E-state index contributed by atoms with van der Waals surface area (Å²) in [6.45, 7) is 1.52. The number of ketones is 1. The molecule has 0 heterocycles. The van der Waals surface area contributed by atoms with Crippen LogP contribution in [0, 0.1) is 10.1 Å². The van der Waals surface area contributed by atoms with E-state index < -0.39 is 23.3 Å². The lowest BCUT2D eigenvalue weighted by Crippen LogP contribution is -2.21. The maximum absolute atomic E-state index is 12.2. The summed E-state index contributed by atoms with van der Waals surface area (Å²) in [5.74, 6) is -1.40. The van der Waals surface area contributed by atoms with Crippen molar-refractivity contribution >= 4 is 34.9 Å². The molecule has 0 spiro atoms. The average Bonchev–Trinajstić information content (AvgIpc) is 2.69. The van der Waals surface area contributed by atoms with Crippen molar-refractivity contribution in [2.45, 2.75) is 19.8 Å². The number of carbonyl (C=O) groups is 3. The van der Waals surface area contributed by atoms with Crippen LogP contribution in [0.25, 0.3) is 0 Å². The first-order valence-electron chi connectivity index (χ1n) is 8.75. The Labute approximate surface area is 172 Å². The van der Waals surface area contributed by atoms with E-state index in [9.17, 15) is 24.5 Å². The summed E-state index contributed by atoms with van der Waals surface area (Å²) in [4.78, 5) is 45.3. The number of halogens is 1. The molecule has 2 aromatic carbocycles. The van der Waals surface area contributed by atoms with Gasteiger partial charge in [0.2, 0.25) is 5.91 Å². The molecule has 0 aliphatic carbocycles. The fourth-order valence-corrected chi connectivity index (χ4v) is 2.68. The van der Waals surface area contributed by atoms with Crippen molar-refractivity contribution in [1.29, 1.82) is 0 Å². The van der Waals surface area contributed by atoms with Gasteiger partial charge in [-0.1, -0.05) is 35.9 Å². The number of carbonyl (C=O) groups excluding carboxylic acids is 3. The second-order valence-electron chi connectivity index (χ2n) is 6.20. The summed E-state index contributed by atoms with van der Waals surface area (Å²) >= 11 is 5.88. The van der Waals surface area contributed by atoms with Crippen molar-refractivity contribution in [3.63, 3.8) is 0 Å². The van der Waals surface area contributed by atoms with E-state index in [0.29, 0.717) is 12.1 Å². The Hall–Kier alpha value is -3.26. The molecule has 0 bridgehead atoms. The molecular weight excluding hydrogens is 400 g/mol. The van der Waals surface area contributed by atoms with Crippen molar-refractivity contribution in [3.05, 3.63) is 74.3 Å². The van der Waals surface area contributed by atoms with Gasteiger partial charge in [0.15, 0.2) is 12.4 Å². The number of ether oxygens (including phenoxy) is 1. The standard InChI is InChI=1S/C20H19ClN2O6/c1-13(24)22-10-2-3-14-4-6-15(7-5-14)19(25)12-29-20(26)17-11-16(23(27)28)8-9-18(17)21/h4-9,11H,2-3,10,12H2,1H3,(H,22,24). The number of non-ortho nitro benzene ring substituents is 1. The number of hydrogen-bond donors (Lipinski definition) is 1. The van der Waals surface area contributed by atoms with E-state index in [4.69, 9.17) is 16.3 Å². The molecule has 29 heavy (non-hydrogen) atoms. The molecule has 0 aromatic heterocycles. The molecule has 0 radical (unpaired) electrons. The van der Waals surface area contributed by atoms with Crippen LogP contribution in [-0.4, -0.2) is 35.7 Å². The lowest BCUT2D eigenvalue weighted by atomic mass is 10.1. The second kappa shape index (κ2) is 10.3. The first kappa shape index (κ1) is 22.0. The van der Waals surface area contributed by atoms with Gasteiger partial charge in [-0.25, -0.2) is 4.79 Å². The number of benzene rings is 2. The minimum Gasteiger partial charge on any atom is -0.454 e. The highest BCUT2D eigenvalue weighted by Gasteiger charge is 2.18. The third-order valence-corrected chi connectivity index (χ3v) is 4.34. The number of esters is 1. The molecule has 9 heteroatoms. The minimum absolute atomic E-state index is 0.00309. The summed E-state index contributed by atoms with van der Waals surface area (Å²) in [5, 5.41) is 13.5. The number of nitrogens with one attached hydrogen (secondary N) is 1. The summed E-state index contributed by atoms with van der Waals surface area (Å²) in [5.41, 5.74) is 0.894. The van der Waals surface area contributed by atoms with Gasteiger partial charge in [0.25, 0.3) is 5.69 Å². The molecule has 1 amide bonds. The van der Waals surface area contributed by atoms with E-state index in [1.54, 1.807) is 24.3 Å². The molecule has 0 atom stereocenters. The van der Waals surface area contributed by atoms with Gasteiger partial charge in [-0.2, -0.15) is 0 Å². The second-order valence-corrected chi connectivity index (χ2v) is 6.61. The van der Waals surface area contributed by atoms with E-state index in [-0.39, 0.29) is 22.2 Å². The predicted molar refractivity (Wildman–Crippen MR) is 106 cm³/mol. The van der Waals surface area contributed by atoms with Gasteiger partial charge in [-0.15, -0.1) is 0 Å². The monoisotopic (exact) mass is 418 g/mol. The number of aryl methyl sites for hydroxylation is 1. The Morgan fingerprint density at radius 1 is 1.14 bits per heavy atom. The molecule has 8 nitrogen and oxygen atoms in total. The van der Waals surface area contributed by atoms with Crippen LogP contribution in [0.5, 0.6) is 0 Å². The van der Waals surface area contributed by atoms with Crippen LogP contribution in [0.4, 0.5) is 5.69 Å². The summed E-state index contributed by atoms with van der Waals surface area (Å²) < 4.78 is 4.96. The van der Waals surface area contributed by atoms with Crippen LogP contribution in [0.15, 0.2) is 42.5 Å². The molecule has 0 saturated heterocycles. The minimum atomic E-state index is -0.915. The zero-order valence-corrected chi connectivity index (χ0v) is 16.4. The van der Waals surface area contributed by atoms with Crippen molar-refractivity contribution in [1.82, 2.24) is 5.32 Å². The molecule has 0 unspecified atom stereocenters. The fraction of sp³-hybridized carbons (Fsp3) is 0.250. The number of amides is 1. The van der Waals surface area contributed by atoms with Crippen molar-refractivity contribution < 1.29 is 24.0 Å². The Morgan fingerprint density at radius 2 is 1.83 bits per heavy atom. The molecule has 0 saturated carbocycles. The van der Waals surface area contributed by atoms with Gasteiger partial charge in [-0.05, 0) is 24.5 Å². The van der Waals surface area contributed by atoms with Crippen molar-refractivity contribution in [2.75, 3.05) is 13.2 Å². The highest BCUT2D eigenvalue weighted by atomic mass is 35.5. The van der Waals surface area contributed by atoms with Crippen LogP contribution in [0.1, 0.15) is 39.6 Å². The number of Topliss-reactive ketones (excluding diaryl/α,β-unsaturated/α-hetero) is 1. The SMILES string of the molecule is CC(=O)NCCCc1ccc(C(=O)COC(=O)c2cc([N+](=O)[O-])ccc2Cl)cc1. The average molecular weight is 419 g/mol. The number of nitro benzene ring substituents is 1. The van der Waals surface area contributed by atoms with E-state index in [0.717, 1.165) is 24.5 Å². The largest absolute Gasteiger partial charge is 0.454 e. The number of hydrogen-bond acceptors (Lipinski definition) is 6. The van der Waals surface area contributed by atoms with Crippen LogP contribution in [0.3, 0.4) is 0 Å². The van der Waals surface area contributed by atoms with E-state index in [2.05, 4.69) is 5.32 Å². The van der Waals surface area contributed by atoms with Crippen LogP contribution in [0.2, 0.25) is 5.02 Å². The van der Waals surface area contributed by atoms with E-state index in [1.165, 1.54) is 19.1 Å². The van der Waals surface area contributed by atoms with Crippen molar-refractivity contribution in [2.24, 2.45) is 0 Å². The number of rotatable bonds is 9. The van der Waals surface area contributed by atoms with Gasteiger partial charge in [0, 0.05) is 31.2 Å². The Morgan fingerprint density at radius 3 is 2.45 bits per heavy atom. The predicted octanol–water partition coefficient (Wildman–Crippen LogP) is 3.36. The van der Waals surface area contributed by atoms with Crippen LogP contribution >= 0.6 is 11.6 Å². The quantitative estimate of drug-likeness (QED) is 0.219. The normalized spacial score (nSPS) is 10.3. The molecule has 0 aliphatic rings. The van der Waals surface area contributed by atoms with Crippen LogP contribution < -0.4 is 5.32 Å². The van der Waals surface area contributed by atoms with Gasteiger partial charge in [0.1, 0.15) is 0 Å². The zero-order chi connectivity index (χ0) is 21.4. The molecule has 0 fully saturated rings.